The third kappa shape index (κ3) is 7.17. The van der Waals surface area contributed by atoms with Gasteiger partial charge in [0.15, 0.2) is 0 Å². The fourth-order valence-electron chi connectivity index (χ4n) is 1.73. The Bertz CT molecular complexity index is 159. The first-order valence-corrected chi connectivity index (χ1v) is 6.34. The second-order valence-electron chi connectivity index (χ2n) is 4.62. The lowest BCUT2D eigenvalue weighted by molar-refractivity contribution is -0.0398. The van der Waals surface area contributed by atoms with Crippen molar-refractivity contribution in [3.05, 3.63) is 0 Å². The number of hydrogen-bond acceptors (Lipinski definition) is 4. The van der Waals surface area contributed by atoms with Crippen LogP contribution in [0.2, 0.25) is 0 Å². The average molecular weight is 230 g/mol. The van der Waals surface area contributed by atoms with Gasteiger partial charge < -0.3 is 19.7 Å². The molecule has 0 aromatic heterocycles. The van der Waals surface area contributed by atoms with Gasteiger partial charge in [-0.3, -0.25) is 0 Å². The van der Waals surface area contributed by atoms with Crippen molar-refractivity contribution in [2.75, 3.05) is 53.6 Å². The van der Waals surface area contributed by atoms with E-state index in [0.29, 0.717) is 6.10 Å². The SMILES string of the molecule is CN(C)CCNCCOCC1CCCCO1. The van der Waals surface area contributed by atoms with Crippen LogP contribution in [0.3, 0.4) is 0 Å². The van der Waals surface area contributed by atoms with E-state index in [1.54, 1.807) is 0 Å². The normalized spacial score (nSPS) is 21.6. The summed E-state index contributed by atoms with van der Waals surface area (Å²) in [6.07, 6.45) is 4.00. The molecule has 0 spiro atoms. The van der Waals surface area contributed by atoms with Gasteiger partial charge in [-0.15, -0.1) is 0 Å². The van der Waals surface area contributed by atoms with E-state index in [1.165, 1.54) is 12.8 Å². The molecule has 1 unspecified atom stereocenters. The number of nitrogens with zero attached hydrogens (tertiary/aromatic N) is 1. The molecule has 0 amide bonds. The number of rotatable bonds is 8. The summed E-state index contributed by atoms with van der Waals surface area (Å²) in [5.41, 5.74) is 0. The highest BCUT2D eigenvalue weighted by molar-refractivity contribution is 4.62. The molecule has 1 saturated heterocycles. The van der Waals surface area contributed by atoms with E-state index >= 15 is 0 Å². The second-order valence-corrected chi connectivity index (χ2v) is 4.62. The Morgan fingerprint density at radius 2 is 2.19 bits per heavy atom. The lowest BCUT2D eigenvalue weighted by Crippen LogP contribution is -2.30. The molecule has 1 heterocycles. The first kappa shape index (κ1) is 13.9. The van der Waals surface area contributed by atoms with Gasteiger partial charge in [-0.25, -0.2) is 0 Å². The summed E-state index contributed by atoms with van der Waals surface area (Å²) in [6, 6.07) is 0. The van der Waals surface area contributed by atoms with Gasteiger partial charge in [0.25, 0.3) is 0 Å². The summed E-state index contributed by atoms with van der Waals surface area (Å²) in [5, 5.41) is 3.35. The van der Waals surface area contributed by atoms with Crippen LogP contribution in [0.1, 0.15) is 19.3 Å². The van der Waals surface area contributed by atoms with Crippen LogP contribution in [0, 0.1) is 0 Å². The highest BCUT2D eigenvalue weighted by Crippen LogP contribution is 2.12. The lowest BCUT2D eigenvalue weighted by Gasteiger charge is -2.22. The highest BCUT2D eigenvalue weighted by atomic mass is 16.5. The predicted octanol–water partition coefficient (Wildman–Crippen LogP) is 0.723. The summed E-state index contributed by atoms with van der Waals surface area (Å²) < 4.78 is 11.2. The highest BCUT2D eigenvalue weighted by Gasteiger charge is 2.13. The van der Waals surface area contributed by atoms with Crippen LogP contribution in [0.25, 0.3) is 0 Å². The third-order valence-electron chi connectivity index (χ3n) is 2.74. The van der Waals surface area contributed by atoms with Crippen molar-refractivity contribution in [1.82, 2.24) is 10.2 Å². The molecule has 0 bridgehead atoms. The molecule has 96 valence electrons. The summed E-state index contributed by atoms with van der Waals surface area (Å²) in [4.78, 5) is 2.17. The summed E-state index contributed by atoms with van der Waals surface area (Å²) in [7, 11) is 4.16. The van der Waals surface area contributed by atoms with Gasteiger partial charge in [0.05, 0.1) is 19.3 Å². The standard InChI is InChI=1S/C12H26N2O2/c1-14(2)8-6-13-7-10-15-11-12-5-3-4-9-16-12/h12-13H,3-11H2,1-2H3. The molecule has 1 N–H and O–H groups in total. The average Bonchev–Trinajstić information content (AvgIpc) is 2.29. The molecule has 16 heavy (non-hydrogen) atoms. The van der Waals surface area contributed by atoms with Gasteiger partial charge in [-0.2, -0.15) is 0 Å². The van der Waals surface area contributed by atoms with Gasteiger partial charge in [0.2, 0.25) is 0 Å². The quantitative estimate of drug-likeness (QED) is 0.623. The van der Waals surface area contributed by atoms with Crippen molar-refractivity contribution in [2.45, 2.75) is 25.4 Å². The Morgan fingerprint density at radius 3 is 2.88 bits per heavy atom. The van der Waals surface area contributed by atoms with Crippen LogP contribution in [0.4, 0.5) is 0 Å². The summed E-state index contributed by atoms with van der Waals surface area (Å²) >= 11 is 0. The molecule has 0 saturated carbocycles. The van der Waals surface area contributed by atoms with Gasteiger partial charge in [0, 0.05) is 26.2 Å². The Hall–Kier alpha value is -0.160. The van der Waals surface area contributed by atoms with Crippen LogP contribution >= 0.6 is 0 Å². The number of nitrogens with one attached hydrogen (secondary N) is 1. The maximum Gasteiger partial charge on any atom is 0.0808 e. The van der Waals surface area contributed by atoms with Crippen molar-refractivity contribution in [1.29, 1.82) is 0 Å². The predicted molar refractivity (Wildman–Crippen MR) is 65.8 cm³/mol. The molecule has 0 aliphatic carbocycles. The summed E-state index contributed by atoms with van der Waals surface area (Å²) in [5.74, 6) is 0. The first-order valence-electron chi connectivity index (χ1n) is 6.34. The smallest absolute Gasteiger partial charge is 0.0808 e. The molecule has 1 atom stereocenters. The Balaban J connectivity index is 1.80. The second kappa shape index (κ2) is 8.93. The number of ether oxygens (including phenoxy) is 2. The maximum absolute atomic E-state index is 5.59. The van der Waals surface area contributed by atoms with Crippen LogP contribution in [0.5, 0.6) is 0 Å². The topological polar surface area (TPSA) is 33.7 Å². The zero-order valence-corrected chi connectivity index (χ0v) is 10.7. The van der Waals surface area contributed by atoms with E-state index in [1.807, 2.05) is 0 Å². The molecule has 1 aliphatic heterocycles. The zero-order valence-electron chi connectivity index (χ0n) is 10.7. The van der Waals surface area contributed by atoms with Gasteiger partial charge in [0.1, 0.15) is 0 Å². The largest absolute Gasteiger partial charge is 0.377 e. The lowest BCUT2D eigenvalue weighted by atomic mass is 10.1. The molecule has 1 rings (SSSR count). The van der Waals surface area contributed by atoms with Crippen LogP contribution in [-0.4, -0.2) is 64.6 Å². The van der Waals surface area contributed by atoms with E-state index in [-0.39, 0.29) is 0 Å². The molecule has 1 fully saturated rings. The molecule has 0 aromatic rings. The molecule has 1 aliphatic rings. The minimum atomic E-state index is 0.343. The Labute approximate surface area is 99.3 Å². The Morgan fingerprint density at radius 1 is 1.31 bits per heavy atom. The monoisotopic (exact) mass is 230 g/mol. The van der Waals surface area contributed by atoms with Crippen molar-refractivity contribution in [3.63, 3.8) is 0 Å². The minimum Gasteiger partial charge on any atom is -0.377 e. The molecular weight excluding hydrogens is 204 g/mol. The minimum absolute atomic E-state index is 0.343. The molecule has 0 radical (unpaired) electrons. The fraction of sp³-hybridized carbons (Fsp3) is 1.00. The van der Waals surface area contributed by atoms with Crippen molar-refractivity contribution >= 4 is 0 Å². The third-order valence-corrected chi connectivity index (χ3v) is 2.74. The summed E-state index contributed by atoms with van der Waals surface area (Å²) in [6.45, 7) is 5.49. The van der Waals surface area contributed by atoms with Gasteiger partial charge in [-0.05, 0) is 33.4 Å². The fourth-order valence-corrected chi connectivity index (χ4v) is 1.73. The zero-order chi connectivity index (χ0) is 11.6. The van der Waals surface area contributed by atoms with Crippen molar-refractivity contribution in [3.8, 4) is 0 Å². The van der Waals surface area contributed by atoms with E-state index in [9.17, 15) is 0 Å². The van der Waals surface area contributed by atoms with Crippen molar-refractivity contribution < 1.29 is 9.47 Å². The van der Waals surface area contributed by atoms with Crippen molar-refractivity contribution in [2.24, 2.45) is 0 Å². The van der Waals surface area contributed by atoms with Gasteiger partial charge >= 0.3 is 0 Å². The van der Waals surface area contributed by atoms with Crippen LogP contribution < -0.4 is 5.32 Å². The molecule has 4 nitrogen and oxygen atoms in total. The first-order chi connectivity index (χ1) is 7.79. The molecular formula is C12H26N2O2. The van der Waals surface area contributed by atoms with E-state index in [4.69, 9.17) is 9.47 Å². The molecule has 4 heteroatoms. The maximum atomic E-state index is 5.59. The van der Waals surface area contributed by atoms with Crippen LogP contribution in [0.15, 0.2) is 0 Å². The number of likely N-dealkylation sites (N-methyl/N-ethyl adjacent to an activating group) is 1. The Kier molecular flexibility index (Phi) is 7.76. The van der Waals surface area contributed by atoms with E-state index in [0.717, 1.165) is 45.9 Å². The van der Waals surface area contributed by atoms with Gasteiger partial charge in [-0.1, -0.05) is 0 Å². The van der Waals surface area contributed by atoms with E-state index in [2.05, 4.69) is 24.3 Å². The molecule has 0 aromatic carbocycles. The van der Waals surface area contributed by atoms with E-state index < -0.39 is 0 Å². The number of hydrogen-bond donors (Lipinski definition) is 1. The van der Waals surface area contributed by atoms with Crippen LogP contribution in [-0.2, 0) is 9.47 Å².